The van der Waals surface area contributed by atoms with Crippen LogP contribution in [0.25, 0.3) is 0 Å². The molecular weight excluding hydrogens is 194 g/mol. The maximum absolute atomic E-state index is 2.35. The van der Waals surface area contributed by atoms with Crippen LogP contribution in [0.4, 0.5) is 0 Å². The van der Waals surface area contributed by atoms with Gasteiger partial charge in [0.2, 0.25) is 0 Å². The Balaban J connectivity index is 3.19. The Kier molecular flexibility index (Phi) is 2.12. The van der Waals surface area contributed by atoms with Crippen molar-refractivity contribution < 1.29 is 24.7 Å². The molecule has 0 saturated heterocycles. The summed E-state index contributed by atoms with van der Waals surface area (Å²) >= 11 is 1.57. The van der Waals surface area contributed by atoms with Gasteiger partial charge in [0, 0.05) is 0 Å². The standard InChI is InChI=1S/C6H8P.Zr/c1-5-3-4-7-6(5)2;/h4,7H,1-2H3;. The Morgan fingerprint density at radius 3 is 2.25 bits per heavy atom. The summed E-state index contributed by atoms with van der Waals surface area (Å²) < 4.78 is 1.56. The van der Waals surface area contributed by atoms with E-state index in [4.69, 9.17) is 0 Å². The molecule has 0 aliphatic heterocycles. The van der Waals surface area contributed by atoms with Crippen molar-refractivity contribution in [1.82, 2.24) is 0 Å². The molecule has 1 atom stereocenters. The molecule has 1 rings (SSSR count). The Morgan fingerprint density at radius 2 is 2.12 bits per heavy atom. The van der Waals surface area contributed by atoms with E-state index in [2.05, 4.69) is 19.6 Å². The van der Waals surface area contributed by atoms with E-state index in [1.807, 2.05) is 0 Å². The fourth-order valence-corrected chi connectivity index (χ4v) is 2.83. The van der Waals surface area contributed by atoms with E-state index in [1.54, 1.807) is 38.8 Å². The summed E-state index contributed by atoms with van der Waals surface area (Å²) in [5.74, 6) is 2.35. The molecular formula is C6H8PZr. The zero-order chi connectivity index (χ0) is 6.15. The molecule has 0 saturated carbocycles. The minimum atomic E-state index is 0.983. The molecule has 41 valence electrons. The van der Waals surface area contributed by atoms with Gasteiger partial charge in [0.15, 0.2) is 0 Å². The van der Waals surface area contributed by atoms with Crippen molar-refractivity contribution in [2.24, 2.45) is 0 Å². The SMILES string of the molecule is Cc1[pH]c[c]([Zr])c1C. The molecule has 2 heteroatoms. The van der Waals surface area contributed by atoms with Crippen molar-refractivity contribution in [2.45, 2.75) is 13.8 Å². The Bertz CT molecular complexity index is 171. The molecule has 0 bridgehead atoms. The van der Waals surface area contributed by atoms with Crippen LogP contribution in [0.1, 0.15) is 10.9 Å². The molecule has 0 fully saturated rings. The first kappa shape index (κ1) is 6.78. The van der Waals surface area contributed by atoms with Gasteiger partial charge in [-0.1, -0.05) is 0 Å². The molecule has 0 aliphatic rings. The Hall–Kier alpha value is 0.663. The van der Waals surface area contributed by atoms with Crippen LogP contribution < -0.4 is 3.27 Å². The van der Waals surface area contributed by atoms with Gasteiger partial charge in [-0.05, 0) is 0 Å². The fourth-order valence-electron chi connectivity index (χ4n) is 0.599. The van der Waals surface area contributed by atoms with Crippen LogP contribution in [-0.2, 0) is 24.7 Å². The van der Waals surface area contributed by atoms with Gasteiger partial charge in [-0.2, -0.15) is 0 Å². The summed E-state index contributed by atoms with van der Waals surface area (Å²) in [6.45, 7) is 4.44. The van der Waals surface area contributed by atoms with Crippen molar-refractivity contribution in [2.75, 3.05) is 0 Å². The van der Waals surface area contributed by atoms with E-state index < -0.39 is 0 Å². The van der Waals surface area contributed by atoms with E-state index in [1.165, 1.54) is 0 Å². The van der Waals surface area contributed by atoms with Crippen LogP contribution in [0.15, 0.2) is 5.80 Å². The van der Waals surface area contributed by atoms with Crippen LogP contribution in [0.2, 0.25) is 0 Å². The fraction of sp³-hybridized carbons (Fsp3) is 0.333. The van der Waals surface area contributed by atoms with Crippen LogP contribution in [0.5, 0.6) is 0 Å². The van der Waals surface area contributed by atoms with E-state index in [-0.39, 0.29) is 0 Å². The summed E-state index contributed by atoms with van der Waals surface area (Å²) in [7, 11) is 0.983. The Morgan fingerprint density at radius 1 is 1.50 bits per heavy atom. The van der Waals surface area contributed by atoms with Gasteiger partial charge in [-0.3, -0.25) is 0 Å². The molecule has 0 aliphatic carbocycles. The summed E-state index contributed by atoms with van der Waals surface area (Å²) in [6.07, 6.45) is 0. The van der Waals surface area contributed by atoms with Gasteiger partial charge >= 0.3 is 66.7 Å². The van der Waals surface area contributed by atoms with Gasteiger partial charge in [0.05, 0.1) is 0 Å². The molecule has 0 amide bonds. The van der Waals surface area contributed by atoms with Crippen LogP contribution in [-0.4, -0.2) is 0 Å². The van der Waals surface area contributed by atoms with Crippen LogP contribution >= 0.6 is 8.19 Å². The third kappa shape index (κ3) is 1.14. The van der Waals surface area contributed by atoms with Crippen molar-refractivity contribution in [1.29, 1.82) is 0 Å². The summed E-state index contributed by atoms with van der Waals surface area (Å²) in [6, 6.07) is 0. The number of hydrogen-bond acceptors (Lipinski definition) is 0. The number of rotatable bonds is 0. The van der Waals surface area contributed by atoms with Gasteiger partial charge in [-0.25, -0.2) is 0 Å². The molecule has 1 aromatic rings. The monoisotopic (exact) mass is 201 g/mol. The summed E-state index contributed by atoms with van der Waals surface area (Å²) in [5.41, 5.74) is 1.54. The van der Waals surface area contributed by atoms with Gasteiger partial charge in [0.1, 0.15) is 0 Å². The van der Waals surface area contributed by atoms with Gasteiger partial charge in [-0.15, -0.1) is 0 Å². The van der Waals surface area contributed by atoms with Crippen molar-refractivity contribution in [3.63, 3.8) is 0 Å². The third-order valence-corrected chi connectivity index (χ3v) is 4.63. The molecule has 1 heterocycles. The predicted molar refractivity (Wildman–Crippen MR) is 35.1 cm³/mol. The van der Waals surface area contributed by atoms with Crippen LogP contribution in [0, 0.1) is 13.8 Å². The minimum absolute atomic E-state index is 0.983. The molecule has 0 N–H and O–H groups in total. The number of aryl methyl sites for hydroxylation is 1. The zero-order valence-corrected chi connectivity index (χ0v) is 8.54. The van der Waals surface area contributed by atoms with Gasteiger partial charge < -0.3 is 0 Å². The second kappa shape index (κ2) is 2.50. The van der Waals surface area contributed by atoms with E-state index in [0.717, 1.165) is 8.19 Å². The predicted octanol–water partition coefficient (Wildman–Crippen LogP) is 1.51. The van der Waals surface area contributed by atoms with E-state index in [9.17, 15) is 0 Å². The molecule has 0 radical (unpaired) electrons. The second-order valence-electron chi connectivity index (χ2n) is 1.95. The van der Waals surface area contributed by atoms with E-state index in [0.29, 0.717) is 0 Å². The first-order chi connectivity index (χ1) is 3.72. The molecule has 0 nitrogen and oxygen atoms in total. The van der Waals surface area contributed by atoms with E-state index >= 15 is 0 Å². The average Bonchev–Trinajstić information content (AvgIpc) is 1.98. The average molecular weight is 202 g/mol. The number of hydrogen-bond donors (Lipinski definition) is 0. The summed E-state index contributed by atoms with van der Waals surface area (Å²) in [5, 5.41) is 1.58. The Labute approximate surface area is 66.6 Å². The second-order valence-corrected chi connectivity index (χ2v) is 4.60. The van der Waals surface area contributed by atoms with Crippen molar-refractivity contribution >= 4 is 11.5 Å². The summed E-state index contributed by atoms with van der Waals surface area (Å²) in [4.78, 5) is 0. The topological polar surface area (TPSA) is 0 Å². The third-order valence-electron chi connectivity index (χ3n) is 1.40. The maximum atomic E-state index is 2.35. The van der Waals surface area contributed by atoms with Crippen LogP contribution in [0.3, 0.4) is 0 Å². The molecule has 1 unspecified atom stereocenters. The normalized spacial score (nSPS) is 10.6. The quantitative estimate of drug-likeness (QED) is 0.598. The molecule has 8 heavy (non-hydrogen) atoms. The van der Waals surface area contributed by atoms with Crippen molar-refractivity contribution in [3.05, 3.63) is 16.7 Å². The molecule has 0 aromatic carbocycles. The van der Waals surface area contributed by atoms with Crippen molar-refractivity contribution in [3.8, 4) is 0 Å². The zero-order valence-electron chi connectivity index (χ0n) is 5.08. The molecule has 1 aromatic heterocycles. The molecule has 0 spiro atoms. The van der Waals surface area contributed by atoms with Gasteiger partial charge in [0.25, 0.3) is 0 Å². The first-order valence-electron chi connectivity index (χ1n) is 2.58. The first-order valence-corrected chi connectivity index (χ1v) is 4.88.